The Morgan fingerprint density at radius 2 is 1.56 bits per heavy atom. The lowest BCUT2D eigenvalue weighted by molar-refractivity contribution is -0.140. The van der Waals surface area contributed by atoms with Crippen molar-refractivity contribution in [3.05, 3.63) is 101 Å². The summed E-state index contributed by atoms with van der Waals surface area (Å²) in [5.74, 6) is -1.46. The van der Waals surface area contributed by atoms with Gasteiger partial charge >= 0.3 is 0 Å². The maximum Gasteiger partial charge on any atom is 0.244 e. The van der Waals surface area contributed by atoms with E-state index in [1.807, 2.05) is 44.2 Å². The Morgan fingerprint density at radius 3 is 2.13 bits per heavy atom. The fourth-order valence-electron chi connectivity index (χ4n) is 4.00. The minimum absolute atomic E-state index is 0.0441. The third-order valence-corrected chi connectivity index (χ3v) is 7.72. The van der Waals surface area contributed by atoms with Crippen molar-refractivity contribution in [3.8, 4) is 0 Å². The Bertz CT molecular complexity index is 1350. The van der Waals surface area contributed by atoms with Crippen LogP contribution in [-0.2, 0) is 32.6 Å². The summed E-state index contributed by atoms with van der Waals surface area (Å²) in [7, 11) is -3.92. The van der Waals surface area contributed by atoms with Crippen LogP contribution in [0.3, 0.4) is 0 Å². The first-order chi connectivity index (χ1) is 18.5. The average molecular weight is 574 g/mol. The van der Waals surface area contributed by atoms with Crippen LogP contribution in [0.1, 0.15) is 31.4 Å². The molecule has 39 heavy (non-hydrogen) atoms. The summed E-state index contributed by atoms with van der Waals surface area (Å²) in [4.78, 5) is 28.9. The van der Waals surface area contributed by atoms with Crippen molar-refractivity contribution in [1.82, 2.24) is 10.2 Å². The van der Waals surface area contributed by atoms with Gasteiger partial charge in [-0.2, -0.15) is 0 Å². The Morgan fingerprint density at radius 1 is 0.949 bits per heavy atom. The van der Waals surface area contributed by atoms with E-state index in [0.29, 0.717) is 11.4 Å². The lowest BCUT2D eigenvalue weighted by Crippen LogP contribution is -2.54. The molecule has 2 atom stereocenters. The summed E-state index contributed by atoms with van der Waals surface area (Å²) in [6, 6.07) is 20.0. The molecule has 208 valence electrons. The van der Waals surface area contributed by atoms with Crippen molar-refractivity contribution in [3.63, 3.8) is 0 Å². The molecule has 1 N–H and O–H groups in total. The van der Waals surface area contributed by atoms with Crippen molar-refractivity contribution in [2.24, 2.45) is 0 Å². The predicted octanol–water partition coefficient (Wildman–Crippen LogP) is 4.80. The molecule has 10 heteroatoms. The number of benzene rings is 3. The lowest BCUT2D eigenvalue weighted by Gasteiger charge is -2.34. The lowest BCUT2D eigenvalue weighted by atomic mass is 10.0. The second kappa shape index (κ2) is 13.6. The molecule has 0 fully saturated rings. The maximum atomic E-state index is 13.9. The predicted molar refractivity (Wildman–Crippen MR) is 152 cm³/mol. The molecule has 0 aromatic heterocycles. The van der Waals surface area contributed by atoms with E-state index in [0.717, 1.165) is 33.8 Å². The van der Waals surface area contributed by atoms with Crippen LogP contribution in [0.25, 0.3) is 0 Å². The van der Waals surface area contributed by atoms with Crippen LogP contribution in [0.2, 0.25) is 5.02 Å². The maximum absolute atomic E-state index is 13.9. The second-order valence-electron chi connectivity index (χ2n) is 9.42. The molecule has 3 aromatic carbocycles. The fraction of sp³-hybridized carbons (Fsp3) is 0.310. The monoisotopic (exact) mass is 573 g/mol. The van der Waals surface area contributed by atoms with Crippen molar-refractivity contribution in [2.75, 3.05) is 17.1 Å². The number of halogens is 2. The molecule has 0 saturated heterocycles. The van der Waals surface area contributed by atoms with Gasteiger partial charge in [0.25, 0.3) is 0 Å². The molecule has 2 amide bonds. The summed E-state index contributed by atoms with van der Waals surface area (Å²) in [5.41, 5.74) is 1.70. The van der Waals surface area contributed by atoms with E-state index in [4.69, 9.17) is 11.6 Å². The van der Waals surface area contributed by atoms with Gasteiger partial charge in [0.1, 0.15) is 18.4 Å². The molecule has 0 aliphatic heterocycles. The zero-order chi connectivity index (χ0) is 28.6. The number of rotatable bonds is 12. The first-order valence-corrected chi connectivity index (χ1v) is 14.8. The Balaban J connectivity index is 2.04. The average Bonchev–Trinajstić information content (AvgIpc) is 2.90. The van der Waals surface area contributed by atoms with E-state index in [-0.39, 0.29) is 30.6 Å². The Kier molecular flexibility index (Phi) is 10.5. The first-order valence-electron chi connectivity index (χ1n) is 12.6. The van der Waals surface area contributed by atoms with E-state index in [2.05, 4.69) is 5.32 Å². The van der Waals surface area contributed by atoms with Crippen molar-refractivity contribution < 1.29 is 22.4 Å². The van der Waals surface area contributed by atoms with E-state index in [9.17, 15) is 22.4 Å². The highest BCUT2D eigenvalue weighted by molar-refractivity contribution is 7.92. The molecule has 7 nitrogen and oxygen atoms in total. The molecule has 0 spiro atoms. The summed E-state index contributed by atoms with van der Waals surface area (Å²) >= 11 is 6.06. The highest BCUT2D eigenvalue weighted by Gasteiger charge is 2.33. The molecule has 0 radical (unpaired) electrons. The number of carbonyl (C=O) groups is 2. The van der Waals surface area contributed by atoms with Gasteiger partial charge in [-0.3, -0.25) is 13.9 Å². The zero-order valence-electron chi connectivity index (χ0n) is 22.2. The minimum Gasteiger partial charge on any atom is -0.352 e. The molecule has 3 aromatic rings. The SMILES string of the molecule is CC[C@H](C)NC(=O)[C@H](Cc1ccccc1)N(Cc1ccc(Cl)cc1)C(=O)CN(c1ccc(F)cc1)S(C)(=O)=O. The highest BCUT2D eigenvalue weighted by Crippen LogP contribution is 2.21. The first kappa shape index (κ1) is 30.1. The Hall–Kier alpha value is -3.43. The van der Waals surface area contributed by atoms with Crippen molar-refractivity contribution >= 4 is 39.1 Å². The van der Waals surface area contributed by atoms with E-state index < -0.39 is 34.3 Å². The van der Waals surface area contributed by atoms with E-state index in [1.54, 1.807) is 24.3 Å². The van der Waals surface area contributed by atoms with Gasteiger partial charge in [-0.25, -0.2) is 12.8 Å². The number of nitrogens with zero attached hydrogens (tertiary/aromatic N) is 2. The van der Waals surface area contributed by atoms with E-state index in [1.165, 1.54) is 17.0 Å². The van der Waals surface area contributed by atoms with Crippen LogP contribution in [0.5, 0.6) is 0 Å². The number of sulfonamides is 1. The number of nitrogens with one attached hydrogen (secondary N) is 1. The second-order valence-corrected chi connectivity index (χ2v) is 11.8. The van der Waals surface area contributed by atoms with Gasteiger partial charge in [-0.15, -0.1) is 0 Å². The van der Waals surface area contributed by atoms with E-state index >= 15 is 0 Å². The van der Waals surface area contributed by atoms with Crippen LogP contribution in [0.15, 0.2) is 78.9 Å². The quantitative estimate of drug-likeness (QED) is 0.337. The third kappa shape index (κ3) is 8.80. The van der Waals surface area contributed by atoms with Crippen LogP contribution >= 0.6 is 11.6 Å². The molecule has 3 rings (SSSR count). The summed E-state index contributed by atoms with van der Waals surface area (Å²) in [6.07, 6.45) is 1.89. The third-order valence-electron chi connectivity index (χ3n) is 6.33. The molecule has 0 bridgehead atoms. The molecule has 0 heterocycles. The van der Waals surface area contributed by atoms with Crippen molar-refractivity contribution in [1.29, 1.82) is 0 Å². The molecule has 0 unspecified atom stereocenters. The number of carbonyl (C=O) groups excluding carboxylic acids is 2. The smallest absolute Gasteiger partial charge is 0.244 e. The molecule has 0 aliphatic carbocycles. The van der Waals surface area contributed by atoms with Gasteiger partial charge in [-0.1, -0.05) is 61.0 Å². The normalized spacial score (nSPS) is 12.8. The van der Waals surface area contributed by atoms with Crippen LogP contribution in [0.4, 0.5) is 10.1 Å². The van der Waals surface area contributed by atoms with Gasteiger partial charge < -0.3 is 10.2 Å². The van der Waals surface area contributed by atoms with Gasteiger partial charge in [0.2, 0.25) is 21.8 Å². The van der Waals surface area contributed by atoms with Crippen LogP contribution < -0.4 is 9.62 Å². The topological polar surface area (TPSA) is 86.8 Å². The van der Waals surface area contributed by atoms with Gasteiger partial charge in [0.15, 0.2) is 0 Å². The number of amides is 2. The number of hydrogen-bond donors (Lipinski definition) is 1. The van der Waals surface area contributed by atoms with Crippen molar-refractivity contribution in [2.45, 2.75) is 45.3 Å². The minimum atomic E-state index is -3.92. The standard InChI is InChI=1S/C29H33ClFN3O4S/c1-4-21(2)32-29(36)27(18-22-8-6-5-7-9-22)33(19-23-10-12-24(30)13-11-23)28(35)20-34(39(3,37)38)26-16-14-25(31)15-17-26/h5-17,21,27H,4,18-20H2,1-3H3,(H,32,36)/t21-,27-/m0/s1. The molecular formula is C29H33ClFN3O4S. The van der Waals surface area contributed by atoms with Gasteiger partial charge in [-0.05, 0) is 60.9 Å². The van der Waals surface area contributed by atoms with Gasteiger partial charge in [0.05, 0.1) is 11.9 Å². The molecule has 0 saturated carbocycles. The van der Waals surface area contributed by atoms with Crippen LogP contribution in [0, 0.1) is 5.82 Å². The summed E-state index contributed by atoms with van der Waals surface area (Å²) in [5, 5.41) is 3.49. The largest absolute Gasteiger partial charge is 0.352 e. The number of anilines is 1. The highest BCUT2D eigenvalue weighted by atomic mass is 35.5. The Labute approximate surface area is 234 Å². The van der Waals surface area contributed by atoms with Gasteiger partial charge in [0, 0.05) is 24.0 Å². The summed E-state index contributed by atoms with van der Waals surface area (Å²) in [6.45, 7) is 3.30. The fourth-order valence-corrected chi connectivity index (χ4v) is 4.98. The molecular weight excluding hydrogens is 541 g/mol. The number of hydrogen-bond acceptors (Lipinski definition) is 4. The summed E-state index contributed by atoms with van der Waals surface area (Å²) < 4.78 is 39.9. The van der Waals surface area contributed by atoms with Crippen LogP contribution in [-0.4, -0.2) is 50.0 Å². The zero-order valence-corrected chi connectivity index (χ0v) is 23.8. The molecule has 0 aliphatic rings.